The predicted molar refractivity (Wildman–Crippen MR) is 58.9 cm³/mol. The second-order valence-corrected chi connectivity index (χ2v) is 4.76. The van der Waals surface area contributed by atoms with E-state index >= 15 is 0 Å². The van der Waals surface area contributed by atoms with E-state index < -0.39 is 0 Å². The number of rotatable bonds is 2. The lowest BCUT2D eigenvalue weighted by Crippen LogP contribution is -2.47. The van der Waals surface area contributed by atoms with Crippen molar-refractivity contribution in [2.45, 2.75) is 70.4 Å². The van der Waals surface area contributed by atoms with E-state index in [4.69, 9.17) is 0 Å². The highest BCUT2D eigenvalue weighted by Crippen LogP contribution is 2.26. The Bertz CT molecular complexity index is 195. The number of hydrogen-bond donors (Lipinski definition) is 1. The third-order valence-corrected chi connectivity index (χ3v) is 2.99. The van der Waals surface area contributed by atoms with Crippen LogP contribution in [0.1, 0.15) is 58.8 Å². The number of hydrogen-bond acceptors (Lipinski definition) is 2. The van der Waals surface area contributed by atoms with Crippen LogP contribution in [0.4, 0.5) is 0 Å². The maximum absolute atomic E-state index is 9.29. The molecule has 0 bridgehead atoms. The van der Waals surface area contributed by atoms with Gasteiger partial charge in [-0.2, -0.15) is 5.26 Å². The highest BCUT2D eigenvalue weighted by molar-refractivity contribution is 5.07. The molecule has 14 heavy (non-hydrogen) atoms. The molecule has 0 heterocycles. The highest BCUT2D eigenvalue weighted by Gasteiger charge is 2.30. The van der Waals surface area contributed by atoms with Crippen LogP contribution < -0.4 is 5.32 Å². The minimum atomic E-state index is -0.228. The Balaban J connectivity index is 2.59. The summed E-state index contributed by atoms with van der Waals surface area (Å²) in [6, 6.07) is 2.92. The average molecular weight is 194 g/mol. The maximum atomic E-state index is 9.29. The zero-order valence-electron chi connectivity index (χ0n) is 9.47. The van der Waals surface area contributed by atoms with Gasteiger partial charge in [-0.1, -0.05) is 32.1 Å². The zero-order valence-corrected chi connectivity index (χ0v) is 9.47. The van der Waals surface area contributed by atoms with Crippen molar-refractivity contribution < 1.29 is 0 Å². The van der Waals surface area contributed by atoms with Gasteiger partial charge < -0.3 is 0 Å². The largest absolute Gasteiger partial charge is 0.297 e. The molecule has 2 heteroatoms. The average Bonchev–Trinajstić information content (AvgIpc) is 2.09. The zero-order chi connectivity index (χ0) is 10.4. The third kappa shape index (κ3) is 3.31. The summed E-state index contributed by atoms with van der Waals surface area (Å²) in [6.07, 6.45) is 8.40. The number of nitrogens with zero attached hydrogens (tertiary/aromatic N) is 1. The summed E-state index contributed by atoms with van der Waals surface area (Å²) in [5.74, 6) is 0. The van der Waals surface area contributed by atoms with E-state index in [-0.39, 0.29) is 5.54 Å². The van der Waals surface area contributed by atoms with Crippen molar-refractivity contribution in [1.82, 2.24) is 5.32 Å². The molecule has 1 fully saturated rings. The molecule has 1 N–H and O–H groups in total. The fourth-order valence-electron chi connectivity index (χ4n) is 2.35. The topological polar surface area (TPSA) is 35.8 Å². The third-order valence-electron chi connectivity index (χ3n) is 2.99. The van der Waals surface area contributed by atoms with Gasteiger partial charge in [0, 0.05) is 6.04 Å². The van der Waals surface area contributed by atoms with Crippen LogP contribution in [-0.4, -0.2) is 11.6 Å². The Morgan fingerprint density at radius 2 is 1.57 bits per heavy atom. The van der Waals surface area contributed by atoms with Crippen LogP contribution in [-0.2, 0) is 0 Å². The van der Waals surface area contributed by atoms with Crippen molar-refractivity contribution in [2.24, 2.45) is 0 Å². The highest BCUT2D eigenvalue weighted by atomic mass is 15.0. The van der Waals surface area contributed by atoms with Crippen molar-refractivity contribution in [3.05, 3.63) is 0 Å². The Labute approximate surface area is 87.7 Å². The first-order chi connectivity index (χ1) is 6.68. The van der Waals surface area contributed by atoms with E-state index in [9.17, 15) is 5.26 Å². The summed E-state index contributed by atoms with van der Waals surface area (Å²) >= 11 is 0. The van der Waals surface area contributed by atoms with Gasteiger partial charge in [0.05, 0.1) is 6.07 Å². The minimum absolute atomic E-state index is 0.228. The van der Waals surface area contributed by atoms with Crippen molar-refractivity contribution in [3.63, 3.8) is 0 Å². The lowest BCUT2D eigenvalue weighted by Gasteiger charge is -2.31. The van der Waals surface area contributed by atoms with Gasteiger partial charge in [0.2, 0.25) is 0 Å². The molecule has 2 nitrogen and oxygen atoms in total. The SMILES string of the molecule is CC(C)NC1(C#N)CCCCCCC1. The maximum Gasteiger partial charge on any atom is 0.106 e. The molecule has 0 aromatic carbocycles. The molecular weight excluding hydrogens is 172 g/mol. The Kier molecular flexibility index (Phi) is 4.41. The van der Waals surface area contributed by atoms with Crippen LogP contribution >= 0.6 is 0 Å². The smallest absolute Gasteiger partial charge is 0.106 e. The molecule has 0 spiro atoms. The summed E-state index contributed by atoms with van der Waals surface area (Å²) in [7, 11) is 0. The quantitative estimate of drug-likeness (QED) is 0.733. The van der Waals surface area contributed by atoms with Crippen molar-refractivity contribution >= 4 is 0 Å². The van der Waals surface area contributed by atoms with E-state index in [1.807, 2.05) is 0 Å². The number of nitriles is 1. The van der Waals surface area contributed by atoms with E-state index in [0.717, 1.165) is 12.8 Å². The summed E-state index contributed by atoms with van der Waals surface area (Å²) in [4.78, 5) is 0. The molecule has 1 aliphatic carbocycles. The van der Waals surface area contributed by atoms with E-state index in [1.165, 1.54) is 32.1 Å². The number of nitrogens with one attached hydrogen (secondary N) is 1. The molecule has 80 valence electrons. The predicted octanol–water partition coefficient (Wildman–Crippen LogP) is 2.99. The van der Waals surface area contributed by atoms with Gasteiger partial charge in [-0.3, -0.25) is 5.32 Å². The van der Waals surface area contributed by atoms with Gasteiger partial charge >= 0.3 is 0 Å². The summed E-state index contributed by atoms with van der Waals surface area (Å²) in [5, 5.41) is 12.7. The van der Waals surface area contributed by atoms with Crippen LogP contribution in [0.5, 0.6) is 0 Å². The lowest BCUT2D eigenvalue weighted by atomic mass is 9.84. The monoisotopic (exact) mass is 194 g/mol. The van der Waals surface area contributed by atoms with Gasteiger partial charge in [-0.25, -0.2) is 0 Å². The summed E-state index contributed by atoms with van der Waals surface area (Å²) < 4.78 is 0. The van der Waals surface area contributed by atoms with E-state index in [0.29, 0.717) is 6.04 Å². The van der Waals surface area contributed by atoms with E-state index in [2.05, 4.69) is 25.2 Å². The molecule has 0 aromatic rings. The first-order valence-electron chi connectivity index (χ1n) is 5.87. The molecule has 0 unspecified atom stereocenters. The summed E-state index contributed by atoms with van der Waals surface area (Å²) in [6.45, 7) is 4.25. The lowest BCUT2D eigenvalue weighted by molar-refractivity contribution is 0.296. The molecule has 0 saturated heterocycles. The van der Waals surface area contributed by atoms with Crippen LogP contribution in [0, 0.1) is 11.3 Å². The van der Waals surface area contributed by atoms with Crippen LogP contribution in [0.15, 0.2) is 0 Å². The molecule has 0 amide bonds. The molecule has 0 aromatic heterocycles. The first kappa shape index (κ1) is 11.5. The Hall–Kier alpha value is -0.550. The van der Waals surface area contributed by atoms with Gasteiger partial charge in [-0.05, 0) is 26.7 Å². The van der Waals surface area contributed by atoms with Crippen LogP contribution in [0.2, 0.25) is 0 Å². The Morgan fingerprint density at radius 1 is 1.07 bits per heavy atom. The molecule has 0 radical (unpaired) electrons. The van der Waals surface area contributed by atoms with Gasteiger partial charge in [0.15, 0.2) is 0 Å². The molecule has 1 rings (SSSR count). The van der Waals surface area contributed by atoms with Gasteiger partial charge in [-0.15, -0.1) is 0 Å². The standard InChI is InChI=1S/C12H22N2/c1-11(2)14-12(10-13)8-6-4-3-5-7-9-12/h11,14H,3-9H2,1-2H3. The van der Waals surface area contributed by atoms with Crippen molar-refractivity contribution in [1.29, 1.82) is 5.26 Å². The Morgan fingerprint density at radius 3 is 2.00 bits per heavy atom. The molecule has 1 saturated carbocycles. The first-order valence-corrected chi connectivity index (χ1v) is 5.87. The minimum Gasteiger partial charge on any atom is -0.297 e. The summed E-state index contributed by atoms with van der Waals surface area (Å²) in [5.41, 5.74) is -0.228. The van der Waals surface area contributed by atoms with Gasteiger partial charge in [0.25, 0.3) is 0 Å². The fourth-order valence-corrected chi connectivity index (χ4v) is 2.35. The van der Waals surface area contributed by atoms with Crippen LogP contribution in [0.25, 0.3) is 0 Å². The van der Waals surface area contributed by atoms with Crippen molar-refractivity contribution in [2.75, 3.05) is 0 Å². The molecule has 1 aliphatic rings. The molecule has 0 aliphatic heterocycles. The van der Waals surface area contributed by atoms with Gasteiger partial charge in [0.1, 0.15) is 5.54 Å². The molecule has 0 atom stereocenters. The second kappa shape index (κ2) is 5.36. The molecular formula is C12H22N2. The normalized spacial score (nSPS) is 22.4. The van der Waals surface area contributed by atoms with Crippen LogP contribution in [0.3, 0.4) is 0 Å². The fraction of sp³-hybridized carbons (Fsp3) is 0.917. The second-order valence-electron chi connectivity index (χ2n) is 4.76. The van der Waals surface area contributed by atoms with Crippen molar-refractivity contribution in [3.8, 4) is 6.07 Å². The van der Waals surface area contributed by atoms with E-state index in [1.54, 1.807) is 0 Å².